The number of carbonyl (C=O) groups excluding carboxylic acids is 2. The second-order valence-electron chi connectivity index (χ2n) is 6.46. The molecule has 1 aromatic carbocycles. The molecule has 0 atom stereocenters. The van der Waals surface area contributed by atoms with Crippen molar-refractivity contribution in [3.8, 4) is 0 Å². The van der Waals surface area contributed by atoms with Crippen molar-refractivity contribution in [3.05, 3.63) is 64.4 Å². The van der Waals surface area contributed by atoms with Gasteiger partial charge in [-0.1, -0.05) is 34.1 Å². The van der Waals surface area contributed by atoms with Crippen LogP contribution in [0.2, 0.25) is 0 Å². The number of hydrogen-bond acceptors (Lipinski definition) is 3. The summed E-state index contributed by atoms with van der Waals surface area (Å²) in [6.07, 6.45) is 6.03. The number of aromatic nitrogens is 1. The zero-order valence-corrected chi connectivity index (χ0v) is 16.1. The molecule has 1 aliphatic rings. The van der Waals surface area contributed by atoms with Crippen molar-refractivity contribution >= 4 is 27.7 Å². The van der Waals surface area contributed by atoms with Gasteiger partial charge in [-0.25, -0.2) is 0 Å². The van der Waals surface area contributed by atoms with Crippen LogP contribution < -0.4 is 5.32 Å². The molecule has 0 saturated carbocycles. The lowest BCUT2D eigenvalue weighted by atomic mass is 10.0. The van der Waals surface area contributed by atoms with Crippen molar-refractivity contribution in [2.75, 3.05) is 13.1 Å². The number of aryl methyl sites for hydroxylation is 1. The molecule has 1 fully saturated rings. The summed E-state index contributed by atoms with van der Waals surface area (Å²) in [7, 11) is 0. The summed E-state index contributed by atoms with van der Waals surface area (Å²) in [5, 5.41) is 3.04. The maximum atomic E-state index is 12.4. The Hall–Kier alpha value is -2.21. The number of hydrogen-bond donors (Lipinski definition) is 1. The SMILES string of the molecule is O=C(NC1CCN(C(=O)CCc2ccccc2Br)CC1)c1cccnc1. The van der Waals surface area contributed by atoms with Gasteiger partial charge in [-0.3, -0.25) is 14.6 Å². The molecule has 2 amide bonds. The Labute approximate surface area is 161 Å². The van der Waals surface area contributed by atoms with E-state index in [0.29, 0.717) is 25.1 Å². The van der Waals surface area contributed by atoms with Crippen LogP contribution >= 0.6 is 15.9 Å². The van der Waals surface area contributed by atoms with Crippen molar-refractivity contribution in [1.82, 2.24) is 15.2 Å². The van der Waals surface area contributed by atoms with Crippen LogP contribution in [0.1, 0.15) is 35.2 Å². The number of benzene rings is 1. The third kappa shape index (κ3) is 4.91. The van der Waals surface area contributed by atoms with Crippen molar-refractivity contribution in [3.63, 3.8) is 0 Å². The Balaban J connectivity index is 1.44. The largest absolute Gasteiger partial charge is 0.349 e. The first-order chi connectivity index (χ1) is 12.6. The van der Waals surface area contributed by atoms with Crippen LogP contribution in [0, 0.1) is 0 Å². The van der Waals surface area contributed by atoms with Gasteiger partial charge in [0.25, 0.3) is 5.91 Å². The fourth-order valence-corrected chi connectivity index (χ4v) is 3.62. The summed E-state index contributed by atoms with van der Waals surface area (Å²) >= 11 is 3.52. The van der Waals surface area contributed by atoms with E-state index in [1.165, 1.54) is 0 Å². The molecular formula is C20H22BrN3O2. The highest BCUT2D eigenvalue weighted by Gasteiger charge is 2.24. The molecule has 2 aromatic rings. The lowest BCUT2D eigenvalue weighted by molar-refractivity contribution is -0.132. The Morgan fingerprint density at radius 2 is 1.92 bits per heavy atom. The van der Waals surface area contributed by atoms with E-state index in [4.69, 9.17) is 0 Å². The summed E-state index contributed by atoms with van der Waals surface area (Å²) in [5.74, 6) is 0.0783. The zero-order valence-electron chi connectivity index (χ0n) is 14.5. The van der Waals surface area contributed by atoms with E-state index in [9.17, 15) is 9.59 Å². The number of likely N-dealkylation sites (tertiary alicyclic amines) is 1. The van der Waals surface area contributed by atoms with Gasteiger partial charge in [-0.2, -0.15) is 0 Å². The highest BCUT2D eigenvalue weighted by molar-refractivity contribution is 9.10. The van der Waals surface area contributed by atoms with Gasteiger partial charge in [0.2, 0.25) is 5.91 Å². The van der Waals surface area contributed by atoms with Gasteiger partial charge in [0.15, 0.2) is 0 Å². The van der Waals surface area contributed by atoms with Crippen molar-refractivity contribution in [2.45, 2.75) is 31.7 Å². The molecule has 136 valence electrons. The lowest BCUT2D eigenvalue weighted by Gasteiger charge is -2.32. The fourth-order valence-electron chi connectivity index (χ4n) is 3.14. The molecule has 3 rings (SSSR count). The molecule has 1 saturated heterocycles. The minimum absolute atomic E-state index is 0.100. The highest BCUT2D eigenvalue weighted by atomic mass is 79.9. The first-order valence-electron chi connectivity index (χ1n) is 8.85. The van der Waals surface area contributed by atoms with Gasteiger partial charge in [-0.05, 0) is 43.0 Å². The number of nitrogens with zero attached hydrogens (tertiary/aromatic N) is 2. The molecule has 0 bridgehead atoms. The molecule has 0 spiro atoms. The number of halogens is 1. The Morgan fingerprint density at radius 3 is 2.62 bits per heavy atom. The van der Waals surface area contributed by atoms with Gasteiger partial charge in [0.1, 0.15) is 0 Å². The molecule has 2 heterocycles. The number of nitrogens with one attached hydrogen (secondary N) is 1. The highest BCUT2D eigenvalue weighted by Crippen LogP contribution is 2.19. The average molecular weight is 416 g/mol. The molecule has 5 nitrogen and oxygen atoms in total. The molecule has 1 aromatic heterocycles. The van der Waals surface area contributed by atoms with Crippen LogP contribution in [0.3, 0.4) is 0 Å². The van der Waals surface area contributed by atoms with Crippen LogP contribution in [-0.4, -0.2) is 40.8 Å². The Kier molecular flexibility index (Phi) is 6.39. The lowest BCUT2D eigenvalue weighted by Crippen LogP contribution is -2.46. The number of pyridine rings is 1. The molecule has 0 unspecified atom stereocenters. The third-order valence-electron chi connectivity index (χ3n) is 4.67. The minimum Gasteiger partial charge on any atom is -0.349 e. The topological polar surface area (TPSA) is 62.3 Å². The van der Waals surface area contributed by atoms with Gasteiger partial charge in [0, 0.05) is 42.4 Å². The quantitative estimate of drug-likeness (QED) is 0.815. The normalized spacial score (nSPS) is 14.9. The first-order valence-corrected chi connectivity index (χ1v) is 9.65. The molecule has 0 aliphatic carbocycles. The van der Waals surface area contributed by atoms with Crippen molar-refractivity contribution in [2.24, 2.45) is 0 Å². The van der Waals surface area contributed by atoms with Crippen molar-refractivity contribution < 1.29 is 9.59 Å². The predicted molar refractivity (Wildman–Crippen MR) is 104 cm³/mol. The summed E-state index contributed by atoms with van der Waals surface area (Å²) in [4.78, 5) is 30.5. The van der Waals surface area contributed by atoms with E-state index in [0.717, 1.165) is 29.3 Å². The van der Waals surface area contributed by atoms with Crippen molar-refractivity contribution in [1.29, 1.82) is 0 Å². The number of carbonyl (C=O) groups is 2. The van der Waals surface area contributed by atoms with E-state index in [1.54, 1.807) is 24.5 Å². The average Bonchev–Trinajstić information content (AvgIpc) is 2.68. The molecule has 1 N–H and O–H groups in total. The van der Waals surface area contributed by atoms with Crippen LogP contribution in [0.15, 0.2) is 53.3 Å². The first kappa shape index (κ1) is 18.6. The monoisotopic (exact) mass is 415 g/mol. The van der Waals surface area contributed by atoms with Gasteiger partial charge < -0.3 is 10.2 Å². The van der Waals surface area contributed by atoms with E-state index in [1.807, 2.05) is 29.2 Å². The molecular weight excluding hydrogens is 394 g/mol. The molecule has 0 radical (unpaired) electrons. The maximum Gasteiger partial charge on any atom is 0.253 e. The number of piperidine rings is 1. The van der Waals surface area contributed by atoms with Crippen LogP contribution in [0.25, 0.3) is 0 Å². The molecule has 1 aliphatic heterocycles. The number of rotatable bonds is 5. The van der Waals surface area contributed by atoms with E-state index in [2.05, 4.69) is 26.2 Å². The summed E-state index contributed by atoms with van der Waals surface area (Å²) in [6.45, 7) is 1.37. The van der Waals surface area contributed by atoms with Crippen LogP contribution in [0.4, 0.5) is 0 Å². The van der Waals surface area contributed by atoms with Crippen LogP contribution in [0.5, 0.6) is 0 Å². The predicted octanol–water partition coefficient (Wildman–Crippen LogP) is 3.20. The zero-order chi connectivity index (χ0) is 18.4. The van der Waals surface area contributed by atoms with E-state index >= 15 is 0 Å². The summed E-state index contributed by atoms with van der Waals surface area (Å²) in [6, 6.07) is 11.6. The fraction of sp³-hybridized carbons (Fsp3) is 0.350. The number of amides is 2. The molecule has 26 heavy (non-hydrogen) atoms. The second kappa shape index (κ2) is 8.94. The molecule has 6 heteroatoms. The van der Waals surface area contributed by atoms with Gasteiger partial charge in [0.05, 0.1) is 5.56 Å². The van der Waals surface area contributed by atoms with E-state index in [-0.39, 0.29) is 17.9 Å². The third-order valence-corrected chi connectivity index (χ3v) is 5.45. The van der Waals surface area contributed by atoms with Gasteiger partial charge in [-0.15, -0.1) is 0 Å². The summed E-state index contributed by atoms with van der Waals surface area (Å²) in [5.41, 5.74) is 1.72. The van der Waals surface area contributed by atoms with Gasteiger partial charge >= 0.3 is 0 Å². The second-order valence-corrected chi connectivity index (χ2v) is 7.32. The Morgan fingerprint density at radius 1 is 1.15 bits per heavy atom. The maximum absolute atomic E-state index is 12.4. The van der Waals surface area contributed by atoms with E-state index < -0.39 is 0 Å². The summed E-state index contributed by atoms with van der Waals surface area (Å²) < 4.78 is 1.05. The Bertz CT molecular complexity index is 759. The standard InChI is InChI=1S/C20H22BrN3O2/c21-18-6-2-1-4-15(18)7-8-19(25)24-12-9-17(10-13-24)23-20(26)16-5-3-11-22-14-16/h1-6,11,14,17H,7-10,12-13H2,(H,23,26). The minimum atomic E-state index is -0.100. The van der Waals surface area contributed by atoms with Crippen LogP contribution in [-0.2, 0) is 11.2 Å². The smallest absolute Gasteiger partial charge is 0.253 e.